The average Bonchev–Trinajstić information content (AvgIpc) is 2.44. The van der Waals surface area contributed by atoms with Gasteiger partial charge in [-0.3, -0.25) is 0 Å². The van der Waals surface area contributed by atoms with Crippen molar-refractivity contribution in [3.8, 4) is 11.8 Å². The summed E-state index contributed by atoms with van der Waals surface area (Å²) in [6.45, 7) is 1.72. The number of halogens is 3. The maximum Gasteiger partial charge on any atom is 0.534 e. The van der Waals surface area contributed by atoms with Gasteiger partial charge in [0.25, 0.3) is 0 Å². The fraction of sp³-hybridized carbons (Fsp3) is 0.733. The van der Waals surface area contributed by atoms with Gasteiger partial charge < -0.3 is 8.92 Å². The maximum atomic E-state index is 12.2. The number of alkyl halides is 3. The molecule has 0 unspecified atom stereocenters. The molecule has 0 amide bonds. The second-order valence-electron chi connectivity index (χ2n) is 4.87. The van der Waals surface area contributed by atoms with Crippen molar-refractivity contribution < 1.29 is 30.5 Å². The predicted molar refractivity (Wildman–Crippen MR) is 81.8 cm³/mol. The normalized spacial score (nSPS) is 12.7. The maximum absolute atomic E-state index is 12.2. The first-order valence-electron chi connectivity index (χ1n) is 7.41. The van der Waals surface area contributed by atoms with Crippen LogP contribution in [-0.2, 0) is 19.0 Å². The number of unbranched alkanes of at least 4 members (excludes halogenated alkanes) is 6. The van der Waals surface area contributed by atoms with E-state index in [-0.39, 0.29) is 0 Å². The molecule has 0 N–H and O–H groups in total. The van der Waals surface area contributed by atoms with Crippen LogP contribution in [0.4, 0.5) is 13.2 Å². The topological polar surface area (TPSA) is 52.6 Å². The van der Waals surface area contributed by atoms with Crippen molar-refractivity contribution in [2.24, 2.45) is 0 Å². The highest BCUT2D eigenvalue weighted by Gasteiger charge is 2.48. The van der Waals surface area contributed by atoms with Gasteiger partial charge in [0, 0.05) is 19.6 Å². The molecular formula is C15H23F3O4S. The number of ether oxygens (including phenoxy) is 1. The highest BCUT2D eigenvalue weighted by atomic mass is 32.2. The summed E-state index contributed by atoms with van der Waals surface area (Å²) < 4.78 is 67.1. The molecule has 0 aliphatic carbocycles. The van der Waals surface area contributed by atoms with E-state index in [0.717, 1.165) is 25.3 Å². The first kappa shape index (κ1) is 21.8. The molecule has 0 aliphatic rings. The standard InChI is InChI=1S/C15H23F3O4S/c1-3-4-5-6-7-8-9-10-11-12-14(13-21-2)22-23(19,20)15(16,17)18/h12H,3-9,13H2,1-2H3/b14-12+. The van der Waals surface area contributed by atoms with E-state index in [0.29, 0.717) is 6.42 Å². The summed E-state index contributed by atoms with van der Waals surface area (Å²) in [5.74, 6) is 4.75. The molecule has 0 rings (SSSR count). The van der Waals surface area contributed by atoms with Gasteiger partial charge in [-0.25, -0.2) is 0 Å². The summed E-state index contributed by atoms with van der Waals surface area (Å²) in [6.07, 6.45) is 8.22. The lowest BCUT2D eigenvalue weighted by Crippen LogP contribution is -2.26. The van der Waals surface area contributed by atoms with E-state index in [1.54, 1.807) is 0 Å². The number of rotatable bonds is 10. The lowest BCUT2D eigenvalue weighted by molar-refractivity contribution is -0.0527. The van der Waals surface area contributed by atoms with Crippen molar-refractivity contribution in [1.29, 1.82) is 0 Å². The summed E-state index contributed by atoms with van der Waals surface area (Å²) in [7, 11) is -4.49. The van der Waals surface area contributed by atoms with Crippen molar-refractivity contribution in [3.05, 3.63) is 11.8 Å². The largest absolute Gasteiger partial charge is 0.534 e. The van der Waals surface area contributed by atoms with Gasteiger partial charge in [-0.05, 0) is 6.42 Å². The average molecular weight is 356 g/mol. The first-order chi connectivity index (χ1) is 10.7. The Hall–Kier alpha value is -1.20. The SMILES string of the molecule is CCCCCCCCC#C/C=C(\COC)OS(=O)(=O)C(F)(F)F. The predicted octanol–water partition coefficient (Wildman–Crippen LogP) is 4.14. The number of hydrogen-bond donors (Lipinski definition) is 0. The van der Waals surface area contributed by atoms with Gasteiger partial charge >= 0.3 is 15.6 Å². The van der Waals surface area contributed by atoms with Crippen molar-refractivity contribution in [2.45, 2.75) is 57.4 Å². The highest BCUT2D eigenvalue weighted by Crippen LogP contribution is 2.26. The smallest absolute Gasteiger partial charge is 0.377 e. The van der Waals surface area contributed by atoms with Gasteiger partial charge in [0.15, 0.2) is 5.76 Å². The Morgan fingerprint density at radius 3 is 2.30 bits per heavy atom. The van der Waals surface area contributed by atoms with Crippen LogP contribution >= 0.6 is 0 Å². The third-order valence-corrected chi connectivity index (χ3v) is 3.78. The zero-order chi connectivity index (χ0) is 17.8. The lowest BCUT2D eigenvalue weighted by atomic mass is 10.1. The van der Waals surface area contributed by atoms with E-state index in [9.17, 15) is 21.6 Å². The van der Waals surface area contributed by atoms with Crippen molar-refractivity contribution in [1.82, 2.24) is 0 Å². The minimum Gasteiger partial charge on any atom is -0.377 e. The van der Waals surface area contributed by atoms with Crippen molar-refractivity contribution >= 4 is 10.1 Å². The van der Waals surface area contributed by atoms with E-state index in [1.165, 1.54) is 26.4 Å². The minimum absolute atomic E-state index is 0.416. The van der Waals surface area contributed by atoms with E-state index >= 15 is 0 Å². The molecular weight excluding hydrogens is 333 g/mol. The van der Waals surface area contributed by atoms with Gasteiger partial charge in [0.2, 0.25) is 0 Å². The van der Waals surface area contributed by atoms with Crippen LogP contribution in [-0.4, -0.2) is 27.6 Å². The van der Waals surface area contributed by atoms with Gasteiger partial charge in [0.1, 0.15) is 6.61 Å². The molecule has 0 saturated carbocycles. The van der Waals surface area contributed by atoms with Gasteiger partial charge in [-0.2, -0.15) is 21.6 Å². The molecule has 0 atom stereocenters. The van der Waals surface area contributed by atoms with Crippen molar-refractivity contribution in [3.63, 3.8) is 0 Å². The van der Waals surface area contributed by atoms with Crippen LogP contribution in [0.1, 0.15) is 51.9 Å². The Kier molecular flexibility index (Phi) is 10.8. The van der Waals surface area contributed by atoms with Gasteiger partial charge in [-0.1, -0.05) is 50.9 Å². The van der Waals surface area contributed by atoms with Crippen LogP contribution in [0.5, 0.6) is 0 Å². The van der Waals surface area contributed by atoms with Crippen molar-refractivity contribution in [2.75, 3.05) is 13.7 Å². The molecule has 134 valence electrons. The Balaban J connectivity index is 4.41. The quantitative estimate of drug-likeness (QED) is 0.194. The minimum atomic E-state index is -5.70. The monoisotopic (exact) mass is 356 g/mol. The molecule has 23 heavy (non-hydrogen) atoms. The Morgan fingerprint density at radius 1 is 1.13 bits per heavy atom. The molecule has 0 spiro atoms. The van der Waals surface area contributed by atoms with E-state index in [1.807, 2.05) is 0 Å². The van der Waals surface area contributed by atoms with Crippen LogP contribution in [0.15, 0.2) is 11.8 Å². The van der Waals surface area contributed by atoms with Crippen LogP contribution < -0.4 is 0 Å². The molecule has 0 aliphatic heterocycles. The summed E-state index contributed by atoms with van der Waals surface area (Å²) in [5, 5.41) is 0. The lowest BCUT2D eigenvalue weighted by Gasteiger charge is -2.10. The summed E-state index contributed by atoms with van der Waals surface area (Å²) in [5.41, 5.74) is -5.48. The molecule has 0 fully saturated rings. The molecule has 0 heterocycles. The summed E-state index contributed by atoms with van der Waals surface area (Å²) in [6, 6.07) is 0. The van der Waals surface area contributed by atoms with Gasteiger partial charge in [-0.15, -0.1) is 0 Å². The van der Waals surface area contributed by atoms with Crippen LogP contribution in [0.25, 0.3) is 0 Å². The van der Waals surface area contributed by atoms with Crippen LogP contribution in [0.2, 0.25) is 0 Å². The molecule has 0 aromatic heterocycles. The fourth-order valence-electron chi connectivity index (χ4n) is 1.62. The van der Waals surface area contributed by atoms with Crippen LogP contribution in [0.3, 0.4) is 0 Å². The van der Waals surface area contributed by atoms with Crippen LogP contribution in [0, 0.1) is 11.8 Å². The zero-order valence-corrected chi connectivity index (χ0v) is 14.2. The van der Waals surface area contributed by atoms with E-state index in [4.69, 9.17) is 0 Å². The number of hydrogen-bond acceptors (Lipinski definition) is 4. The molecule has 0 radical (unpaired) electrons. The third kappa shape index (κ3) is 10.2. The molecule has 4 nitrogen and oxygen atoms in total. The molecule has 0 saturated heterocycles. The summed E-state index contributed by atoms with van der Waals surface area (Å²) in [4.78, 5) is 0. The molecule has 0 bridgehead atoms. The van der Waals surface area contributed by atoms with Gasteiger partial charge in [0.05, 0.1) is 0 Å². The van der Waals surface area contributed by atoms with E-state index in [2.05, 4.69) is 27.7 Å². The second kappa shape index (κ2) is 11.4. The third-order valence-electron chi connectivity index (χ3n) is 2.78. The number of methoxy groups -OCH3 is 1. The van der Waals surface area contributed by atoms with E-state index < -0.39 is 28.0 Å². The Bertz CT molecular complexity index is 513. The highest BCUT2D eigenvalue weighted by molar-refractivity contribution is 7.87. The Labute approximate surface area is 136 Å². The first-order valence-corrected chi connectivity index (χ1v) is 8.82. The number of allylic oxidation sites excluding steroid dienone is 1. The zero-order valence-electron chi connectivity index (χ0n) is 13.4. The molecule has 8 heteroatoms. The fourth-order valence-corrected chi connectivity index (χ4v) is 2.09. The molecule has 0 aromatic rings. The Morgan fingerprint density at radius 2 is 1.74 bits per heavy atom. The molecule has 0 aromatic carbocycles. The summed E-state index contributed by atoms with van der Waals surface area (Å²) >= 11 is 0. The second-order valence-corrected chi connectivity index (χ2v) is 6.40.